The number of hydrogen-bond donors (Lipinski definition) is 1. The Bertz CT molecular complexity index is 782. The number of nitrogens with one attached hydrogen (secondary N) is 1. The lowest BCUT2D eigenvalue weighted by Gasteiger charge is -2.23. The first kappa shape index (κ1) is 18.0. The predicted molar refractivity (Wildman–Crippen MR) is 101 cm³/mol. The Hall–Kier alpha value is -2.82. The molecule has 1 aliphatic carbocycles. The summed E-state index contributed by atoms with van der Waals surface area (Å²) >= 11 is 0. The van der Waals surface area contributed by atoms with Crippen LogP contribution in [0.5, 0.6) is 5.75 Å². The van der Waals surface area contributed by atoms with Gasteiger partial charge in [0.15, 0.2) is 0 Å². The van der Waals surface area contributed by atoms with Crippen molar-refractivity contribution in [1.29, 1.82) is 0 Å². The van der Waals surface area contributed by atoms with Crippen molar-refractivity contribution >= 4 is 17.5 Å². The Morgan fingerprint density at radius 3 is 2.42 bits per heavy atom. The van der Waals surface area contributed by atoms with Crippen LogP contribution in [-0.4, -0.2) is 29.9 Å². The number of carbonyl (C=O) groups excluding carboxylic acids is 2. The average molecular weight is 352 g/mol. The van der Waals surface area contributed by atoms with Crippen LogP contribution in [0.2, 0.25) is 0 Å². The highest BCUT2D eigenvalue weighted by Gasteiger charge is 2.32. The standard InChI is InChI=1S/C21H24N2O3/c1-15(24)22-18-9-7-16(8-10-18)13-21(25)23(19-11-12-19)14-17-5-3-4-6-20(17)26-2/h3-10,19H,11-14H2,1-2H3,(H,22,24). The van der Waals surface area contributed by atoms with Crippen LogP contribution in [-0.2, 0) is 22.6 Å². The van der Waals surface area contributed by atoms with Crippen LogP contribution in [0.1, 0.15) is 30.9 Å². The molecule has 1 fully saturated rings. The molecule has 0 heterocycles. The Balaban J connectivity index is 1.68. The van der Waals surface area contributed by atoms with Crippen LogP contribution in [0.15, 0.2) is 48.5 Å². The molecule has 0 radical (unpaired) electrons. The van der Waals surface area contributed by atoms with E-state index in [0.717, 1.165) is 35.4 Å². The molecule has 0 aromatic heterocycles. The molecule has 0 aliphatic heterocycles. The number of anilines is 1. The molecule has 0 atom stereocenters. The van der Waals surface area contributed by atoms with Gasteiger partial charge in [-0.15, -0.1) is 0 Å². The van der Waals surface area contributed by atoms with E-state index in [2.05, 4.69) is 5.32 Å². The minimum Gasteiger partial charge on any atom is -0.496 e. The topological polar surface area (TPSA) is 58.6 Å². The van der Waals surface area contributed by atoms with Crippen LogP contribution in [0.4, 0.5) is 5.69 Å². The van der Waals surface area contributed by atoms with E-state index in [0.29, 0.717) is 19.0 Å². The van der Waals surface area contributed by atoms with Gasteiger partial charge < -0.3 is 15.0 Å². The van der Waals surface area contributed by atoms with Gasteiger partial charge in [-0.25, -0.2) is 0 Å². The van der Waals surface area contributed by atoms with Crippen LogP contribution >= 0.6 is 0 Å². The first-order valence-electron chi connectivity index (χ1n) is 8.84. The normalized spacial score (nSPS) is 13.2. The predicted octanol–water partition coefficient (Wildman–Crippen LogP) is 3.39. The summed E-state index contributed by atoms with van der Waals surface area (Å²) in [5.41, 5.74) is 2.70. The monoisotopic (exact) mass is 352 g/mol. The van der Waals surface area contributed by atoms with Crippen LogP contribution in [0.25, 0.3) is 0 Å². The zero-order chi connectivity index (χ0) is 18.5. The highest BCUT2D eigenvalue weighted by molar-refractivity contribution is 5.88. The van der Waals surface area contributed by atoms with E-state index in [-0.39, 0.29) is 11.8 Å². The SMILES string of the molecule is COc1ccccc1CN(C(=O)Cc1ccc(NC(C)=O)cc1)C1CC1. The lowest BCUT2D eigenvalue weighted by Crippen LogP contribution is -2.33. The van der Waals surface area contributed by atoms with Gasteiger partial charge in [0.2, 0.25) is 11.8 Å². The van der Waals surface area contributed by atoms with E-state index >= 15 is 0 Å². The van der Waals surface area contributed by atoms with Crippen LogP contribution in [0.3, 0.4) is 0 Å². The molecule has 2 amide bonds. The average Bonchev–Trinajstić information content (AvgIpc) is 3.46. The number of ether oxygens (including phenoxy) is 1. The molecule has 3 rings (SSSR count). The third-order valence-corrected chi connectivity index (χ3v) is 4.47. The molecule has 1 N–H and O–H groups in total. The molecule has 0 bridgehead atoms. The minimum absolute atomic E-state index is 0.106. The first-order chi connectivity index (χ1) is 12.6. The summed E-state index contributed by atoms with van der Waals surface area (Å²) in [6.45, 7) is 2.04. The van der Waals surface area contributed by atoms with Crippen molar-refractivity contribution in [1.82, 2.24) is 4.90 Å². The number of hydrogen-bond acceptors (Lipinski definition) is 3. The minimum atomic E-state index is -0.106. The fourth-order valence-electron chi connectivity index (χ4n) is 3.01. The zero-order valence-electron chi connectivity index (χ0n) is 15.2. The van der Waals surface area contributed by atoms with Gasteiger partial charge in [-0.05, 0) is 36.6 Å². The van der Waals surface area contributed by atoms with Crippen molar-refractivity contribution in [3.63, 3.8) is 0 Å². The van der Waals surface area contributed by atoms with Crippen molar-refractivity contribution < 1.29 is 14.3 Å². The maximum absolute atomic E-state index is 12.9. The first-order valence-corrected chi connectivity index (χ1v) is 8.84. The summed E-state index contributed by atoms with van der Waals surface area (Å²) in [5.74, 6) is 0.821. The second-order valence-corrected chi connectivity index (χ2v) is 6.62. The van der Waals surface area contributed by atoms with Crippen molar-refractivity contribution in [2.24, 2.45) is 0 Å². The molecule has 5 heteroatoms. The molecular formula is C21H24N2O3. The Morgan fingerprint density at radius 1 is 1.12 bits per heavy atom. The molecule has 2 aromatic rings. The van der Waals surface area contributed by atoms with E-state index in [9.17, 15) is 9.59 Å². The quantitative estimate of drug-likeness (QED) is 0.831. The van der Waals surface area contributed by atoms with Crippen molar-refractivity contribution in [2.45, 2.75) is 38.8 Å². The third kappa shape index (κ3) is 4.63. The maximum Gasteiger partial charge on any atom is 0.227 e. The molecule has 5 nitrogen and oxygen atoms in total. The number of nitrogens with zero attached hydrogens (tertiary/aromatic N) is 1. The second kappa shape index (κ2) is 8.04. The number of para-hydroxylation sites is 1. The molecule has 26 heavy (non-hydrogen) atoms. The number of methoxy groups -OCH3 is 1. The molecular weight excluding hydrogens is 328 g/mol. The fraction of sp³-hybridized carbons (Fsp3) is 0.333. The Kier molecular flexibility index (Phi) is 5.56. The molecule has 2 aromatic carbocycles. The van der Waals surface area contributed by atoms with Gasteiger partial charge in [-0.1, -0.05) is 30.3 Å². The number of rotatable bonds is 7. The van der Waals surface area contributed by atoms with E-state index in [4.69, 9.17) is 4.74 Å². The summed E-state index contributed by atoms with van der Waals surface area (Å²) in [6.07, 6.45) is 2.47. The largest absolute Gasteiger partial charge is 0.496 e. The lowest BCUT2D eigenvalue weighted by atomic mass is 10.1. The molecule has 1 aliphatic rings. The summed E-state index contributed by atoms with van der Waals surface area (Å²) < 4.78 is 5.42. The maximum atomic E-state index is 12.9. The van der Waals surface area contributed by atoms with Gasteiger partial charge in [0.1, 0.15) is 5.75 Å². The van der Waals surface area contributed by atoms with Gasteiger partial charge in [-0.2, -0.15) is 0 Å². The molecule has 1 saturated carbocycles. The third-order valence-electron chi connectivity index (χ3n) is 4.47. The van der Waals surface area contributed by atoms with Gasteiger partial charge in [0.05, 0.1) is 13.5 Å². The van der Waals surface area contributed by atoms with Crippen LogP contribution in [0, 0.1) is 0 Å². The number of benzene rings is 2. The van der Waals surface area contributed by atoms with E-state index in [1.807, 2.05) is 53.4 Å². The smallest absolute Gasteiger partial charge is 0.227 e. The van der Waals surface area contributed by atoms with Gasteiger partial charge in [0, 0.05) is 30.8 Å². The van der Waals surface area contributed by atoms with Crippen molar-refractivity contribution in [3.8, 4) is 5.75 Å². The van der Waals surface area contributed by atoms with Gasteiger partial charge >= 0.3 is 0 Å². The lowest BCUT2D eigenvalue weighted by molar-refractivity contribution is -0.131. The van der Waals surface area contributed by atoms with Crippen molar-refractivity contribution in [3.05, 3.63) is 59.7 Å². The fourth-order valence-corrected chi connectivity index (χ4v) is 3.01. The second-order valence-electron chi connectivity index (χ2n) is 6.62. The molecule has 136 valence electrons. The Morgan fingerprint density at radius 2 is 1.81 bits per heavy atom. The van der Waals surface area contributed by atoms with Gasteiger partial charge in [-0.3, -0.25) is 9.59 Å². The van der Waals surface area contributed by atoms with E-state index in [1.165, 1.54) is 6.92 Å². The summed E-state index contributed by atoms with van der Waals surface area (Å²) in [5, 5.41) is 2.73. The molecule has 0 spiro atoms. The van der Waals surface area contributed by atoms with E-state index < -0.39 is 0 Å². The summed E-state index contributed by atoms with van der Waals surface area (Å²) in [6, 6.07) is 15.6. The van der Waals surface area contributed by atoms with E-state index in [1.54, 1.807) is 7.11 Å². The van der Waals surface area contributed by atoms with Crippen molar-refractivity contribution in [2.75, 3.05) is 12.4 Å². The molecule has 0 saturated heterocycles. The van der Waals surface area contributed by atoms with Crippen LogP contribution < -0.4 is 10.1 Å². The number of amides is 2. The molecule has 0 unspecified atom stereocenters. The summed E-state index contributed by atoms with van der Waals surface area (Å²) in [7, 11) is 1.65. The highest BCUT2D eigenvalue weighted by Crippen LogP contribution is 2.31. The number of carbonyl (C=O) groups is 2. The van der Waals surface area contributed by atoms with Gasteiger partial charge in [0.25, 0.3) is 0 Å². The highest BCUT2D eigenvalue weighted by atomic mass is 16.5. The zero-order valence-corrected chi connectivity index (χ0v) is 15.2. The summed E-state index contributed by atoms with van der Waals surface area (Å²) in [4.78, 5) is 25.9. The Labute approximate surface area is 154 Å².